The highest BCUT2D eigenvalue weighted by atomic mass is 32.1. The summed E-state index contributed by atoms with van der Waals surface area (Å²) in [6.07, 6.45) is 3.72. The SMILES string of the molecule is CC(C)CN1CN(Cc2cccnc2)CNC1=S. The average molecular weight is 264 g/mol. The minimum Gasteiger partial charge on any atom is -0.350 e. The second-order valence-electron chi connectivity index (χ2n) is 5.09. The van der Waals surface area contributed by atoms with Gasteiger partial charge in [-0.05, 0) is 29.8 Å². The topological polar surface area (TPSA) is 31.4 Å². The number of thiocarbonyl (C=S) groups is 1. The monoisotopic (exact) mass is 264 g/mol. The fourth-order valence-electron chi connectivity index (χ4n) is 2.08. The van der Waals surface area contributed by atoms with E-state index in [1.807, 2.05) is 12.3 Å². The van der Waals surface area contributed by atoms with E-state index in [2.05, 4.69) is 40.0 Å². The first-order valence-electron chi connectivity index (χ1n) is 6.29. The van der Waals surface area contributed by atoms with Gasteiger partial charge in [0.15, 0.2) is 5.11 Å². The third-order valence-corrected chi connectivity index (χ3v) is 3.23. The second-order valence-corrected chi connectivity index (χ2v) is 5.47. The lowest BCUT2D eigenvalue weighted by molar-refractivity contribution is 0.138. The van der Waals surface area contributed by atoms with Gasteiger partial charge in [-0.15, -0.1) is 0 Å². The van der Waals surface area contributed by atoms with Gasteiger partial charge in [-0.2, -0.15) is 0 Å². The molecule has 0 bridgehead atoms. The maximum Gasteiger partial charge on any atom is 0.171 e. The van der Waals surface area contributed by atoms with Gasteiger partial charge >= 0.3 is 0 Å². The van der Waals surface area contributed by atoms with E-state index in [0.717, 1.165) is 31.5 Å². The fraction of sp³-hybridized carbons (Fsp3) is 0.538. The zero-order chi connectivity index (χ0) is 13.0. The molecule has 0 radical (unpaired) electrons. The molecule has 4 nitrogen and oxygen atoms in total. The van der Waals surface area contributed by atoms with Crippen molar-refractivity contribution in [3.05, 3.63) is 30.1 Å². The molecule has 18 heavy (non-hydrogen) atoms. The van der Waals surface area contributed by atoms with Crippen LogP contribution in [-0.4, -0.2) is 39.8 Å². The molecule has 1 aliphatic heterocycles. The van der Waals surface area contributed by atoms with E-state index in [1.165, 1.54) is 5.56 Å². The van der Waals surface area contributed by atoms with Crippen LogP contribution in [0.25, 0.3) is 0 Å². The van der Waals surface area contributed by atoms with Gasteiger partial charge < -0.3 is 10.2 Å². The van der Waals surface area contributed by atoms with Crippen LogP contribution in [0.15, 0.2) is 24.5 Å². The molecular formula is C13H20N4S. The van der Waals surface area contributed by atoms with Crippen LogP contribution in [0.3, 0.4) is 0 Å². The lowest BCUT2D eigenvalue weighted by Crippen LogP contribution is -2.56. The fourth-order valence-corrected chi connectivity index (χ4v) is 2.28. The largest absolute Gasteiger partial charge is 0.350 e. The van der Waals surface area contributed by atoms with Crippen molar-refractivity contribution < 1.29 is 0 Å². The van der Waals surface area contributed by atoms with E-state index in [4.69, 9.17) is 12.2 Å². The van der Waals surface area contributed by atoms with Crippen molar-refractivity contribution in [1.82, 2.24) is 20.1 Å². The van der Waals surface area contributed by atoms with Crippen LogP contribution in [0.4, 0.5) is 0 Å². The number of pyridine rings is 1. The number of rotatable bonds is 4. The summed E-state index contributed by atoms with van der Waals surface area (Å²) in [5, 5.41) is 4.14. The third-order valence-electron chi connectivity index (χ3n) is 2.83. The van der Waals surface area contributed by atoms with Crippen molar-refractivity contribution in [3.8, 4) is 0 Å². The molecule has 1 aromatic heterocycles. The molecule has 0 atom stereocenters. The maximum absolute atomic E-state index is 5.34. The normalized spacial score (nSPS) is 17.1. The molecule has 5 heteroatoms. The number of nitrogens with zero attached hydrogens (tertiary/aromatic N) is 3. The molecule has 0 aliphatic carbocycles. The molecule has 0 unspecified atom stereocenters. The van der Waals surface area contributed by atoms with Crippen LogP contribution in [0.1, 0.15) is 19.4 Å². The summed E-state index contributed by atoms with van der Waals surface area (Å²) in [6.45, 7) is 8.01. The predicted molar refractivity (Wildman–Crippen MR) is 76.8 cm³/mol. The van der Waals surface area contributed by atoms with E-state index in [1.54, 1.807) is 6.20 Å². The molecule has 0 saturated carbocycles. The molecule has 0 amide bonds. The Hall–Kier alpha value is -1.20. The van der Waals surface area contributed by atoms with Gasteiger partial charge in [0.05, 0.1) is 13.3 Å². The van der Waals surface area contributed by atoms with Gasteiger partial charge in [-0.25, -0.2) is 0 Å². The lowest BCUT2D eigenvalue weighted by Gasteiger charge is -2.38. The molecule has 0 spiro atoms. The first-order chi connectivity index (χ1) is 8.65. The number of nitrogens with one attached hydrogen (secondary N) is 1. The Kier molecular flexibility index (Phi) is 4.49. The molecule has 2 heterocycles. The van der Waals surface area contributed by atoms with Gasteiger partial charge in [0, 0.05) is 25.5 Å². The Morgan fingerprint density at radius 3 is 3.00 bits per heavy atom. The van der Waals surface area contributed by atoms with E-state index < -0.39 is 0 Å². The molecule has 2 rings (SSSR count). The van der Waals surface area contributed by atoms with Crippen LogP contribution in [0, 0.1) is 5.92 Å². The standard InChI is InChI=1S/C13H20N4S/c1-11(2)7-17-10-16(9-15-13(17)18)8-12-4-3-5-14-6-12/h3-6,11H,7-10H2,1-2H3,(H,15,18). The zero-order valence-electron chi connectivity index (χ0n) is 11.0. The highest BCUT2D eigenvalue weighted by Crippen LogP contribution is 2.09. The quantitative estimate of drug-likeness (QED) is 0.836. The van der Waals surface area contributed by atoms with Crippen LogP contribution in [-0.2, 0) is 6.54 Å². The van der Waals surface area contributed by atoms with Crippen molar-refractivity contribution in [2.45, 2.75) is 20.4 Å². The zero-order valence-corrected chi connectivity index (χ0v) is 11.8. The predicted octanol–water partition coefficient (Wildman–Crippen LogP) is 1.64. The Morgan fingerprint density at radius 2 is 2.33 bits per heavy atom. The molecule has 1 aliphatic rings. The molecule has 98 valence electrons. The Labute approximate surface area is 114 Å². The summed E-state index contributed by atoms with van der Waals surface area (Å²) in [5.74, 6) is 0.614. The highest BCUT2D eigenvalue weighted by Gasteiger charge is 2.20. The Bertz CT molecular complexity index is 393. The van der Waals surface area contributed by atoms with Gasteiger partial charge in [0.25, 0.3) is 0 Å². The summed E-state index contributed by atoms with van der Waals surface area (Å²) in [4.78, 5) is 8.70. The molecule has 1 aromatic rings. The average Bonchev–Trinajstić information content (AvgIpc) is 2.34. The summed E-state index contributed by atoms with van der Waals surface area (Å²) in [6, 6.07) is 4.08. The summed E-state index contributed by atoms with van der Waals surface area (Å²) < 4.78 is 0. The second kappa shape index (κ2) is 6.11. The molecule has 0 aromatic carbocycles. The third kappa shape index (κ3) is 3.65. The minimum atomic E-state index is 0.614. The van der Waals surface area contributed by atoms with Crippen LogP contribution >= 0.6 is 12.2 Å². The number of aromatic nitrogens is 1. The first-order valence-corrected chi connectivity index (χ1v) is 6.70. The maximum atomic E-state index is 5.34. The van der Waals surface area contributed by atoms with Gasteiger partial charge in [0.1, 0.15) is 0 Å². The van der Waals surface area contributed by atoms with Crippen molar-refractivity contribution in [2.24, 2.45) is 5.92 Å². The molecule has 1 fully saturated rings. The van der Waals surface area contributed by atoms with E-state index >= 15 is 0 Å². The minimum absolute atomic E-state index is 0.614. The van der Waals surface area contributed by atoms with Gasteiger partial charge in [0.2, 0.25) is 0 Å². The summed E-state index contributed by atoms with van der Waals surface area (Å²) >= 11 is 5.34. The van der Waals surface area contributed by atoms with Crippen molar-refractivity contribution in [2.75, 3.05) is 19.9 Å². The van der Waals surface area contributed by atoms with Gasteiger partial charge in [-0.3, -0.25) is 9.88 Å². The summed E-state index contributed by atoms with van der Waals surface area (Å²) in [7, 11) is 0. The molecule has 1 N–H and O–H groups in total. The van der Waals surface area contributed by atoms with Crippen molar-refractivity contribution >= 4 is 17.3 Å². The molecule has 1 saturated heterocycles. The Morgan fingerprint density at radius 1 is 1.50 bits per heavy atom. The van der Waals surface area contributed by atoms with E-state index in [0.29, 0.717) is 5.92 Å². The number of hydrogen-bond acceptors (Lipinski definition) is 3. The summed E-state index contributed by atoms with van der Waals surface area (Å²) in [5.41, 5.74) is 1.23. The van der Waals surface area contributed by atoms with E-state index in [9.17, 15) is 0 Å². The van der Waals surface area contributed by atoms with Crippen molar-refractivity contribution in [3.63, 3.8) is 0 Å². The first kappa shape index (κ1) is 13.2. The van der Waals surface area contributed by atoms with Crippen molar-refractivity contribution in [1.29, 1.82) is 0 Å². The molecular weight excluding hydrogens is 244 g/mol. The van der Waals surface area contributed by atoms with Crippen LogP contribution in [0.2, 0.25) is 0 Å². The smallest absolute Gasteiger partial charge is 0.171 e. The van der Waals surface area contributed by atoms with Crippen LogP contribution < -0.4 is 5.32 Å². The highest BCUT2D eigenvalue weighted by molar-refractivity contribution is 7.80. The Balaban J connectivity index is 1.93. The number of hydrogen-bond donors (Lipinski definition) is 1. The van der Waals surface area contributed by atoms with Gasteiger partial charge in [-0.1, -0.05) is 19.9 Å². The lowest BCUT2D eigenvalue weighted by atomic mass is 10.2. The van der Waals surface area contributed by atoms with Crippen LogP contribution in [0.5, 0.6) is 0 Å². The van der Waals surface area contributed by atoms with E-state index in [-0.39, 0.29) is 0 Å².